The van der Waals surface area contributed by atoms with Crippen LogP contribution in [0.15, 0.2) is 18.2 Å². The Kier molecular flexibility index (Phi) is 3.52. The van der Waals surface area contributed by atoms with Gasteiger partial charge < -0.3 is 5.32 Å². The van der Waals surface area contributed by atoms with Gasteiger partial charge in [-0.1, -0.05) is 23.2 Å². The van der Waals surface area contributed by atoms with Gasteiger partial charge >= 0.3 is 0 Å². The second kappa shape index (κ2) is 5.19. The summed E-state index contributed by atoms with van der Waals surface area (Å²) in [5.74, 6) is 1.28. The molecule has 0 spiro atoms. The molecule has 1 heterocycles. The Balaban J connectivity index is 1.94. The van der Waals surface area contributed by atoms with E-state index in [-0.39, 0.29) is 5.02 Å². The quantitative estimate of drug-likeness (QED) is 0.823. The lowest BCUT2D eigenvalue weighted by Gasteiger charge is -2.11. The zero-order valence-electron chi connectivity index (χ0n) is 10.8. The molecule has 1 fully saturated rings. The first kappa shape index (κ1) is 13.6. The van der Waals surface area contributed by atoms with Gasteiger partial charge in [0.15, 0.2) is 0 Å². The highest BCUT2D eigenvalue weighted by Gasteiger charge is 2.28. The van der Waals surface area contributed by atoms with E-state index in [9.17, 15) is 4.39 Å². The zero-order chi connectivity index (χ0) is 14.3. The van der Waals surface area contributed by atoms with E-state index in [4.69, 9.17) is 23.2 Å². The van der Waals surface area contributed by atoms with Crippen molar-refractivity contribution in [2.75, 3.05) is 5.32 Å². The van der Waals surface area contributed by atoms with Crippen molar-refractivity contribution in [1.29, 1.82) is 0 Å². The number of rotatable bonds is 3. The van der Waals surface area contributed by atoms with E-state index in [0.717, 1.165) is 24.2 Å². The van der Waals surface area contributed by atoms with E-state index in [0.29, 0.717) is 22.6 Å². The fourth-order valence-corrected chi connectivity index (χ4v) is 2.16. The molecule has 104 valence electrons. The summed E-state index contributed by atoms with van der Waals surface area (Å²) in [6.45, 7) is 1.83. The van der Waals surface area contributed by atoms with E-state index in [2.05, 4.69) is 15.3 Å². The van der Waals surface area contributed by atoms with Gasteiger partial charge in [-0.25, -0.2) is 14.4 Å². The molecular weight excluding hydrogens is 300 g/mol. The molecule has 1 saturated carbocycles. The molecule has 3 nitrogen and oxygen atoms in total. The summed E-state index contributed by atoms with van der Waals surface area (Å²) < 4.78 is 13.4. The summed E-state index contributed by atoms with van der Waals surface area (Å²) >= 11 is 11.8. The summed E-state index contributed by atoms with van der Waals surface area (Å²) in [4.78, 5) is 8.77. The Bertz CT molecular complexity index is 672. The Labute approximate surface area is 126 Å². The molecule has 1 N–H and O–H groups in total. The molecule has 20 heavy (non-hydrogen) atoms. The van der Waals surface area contributed by atoms with Crippen molar-refractivity contribution in [1.82, 2.24) is 9.97 Å². The average molecular weight is 312 g/mol. The highest BCUT2D eigenvalue weighted by atomic mass is 35.5. The van der Waals surface area contributed by atoms with Crippen molar-refractivity contribution in [2.24, 2.45) is 0 Å². The largest absolute Gasteiger partial charge is 0.340 e. The lowest BCUT2D eigenvalue weighted by atomic mass is 10.2. The Morgan fingerprint density at radius 1 is 1.25 bits per heavy atom. The molecule has 0 amide bonds. The number of halogens is 3. The van der Waals surface area contributed by atoms with Crippen molar-refractivity contribution in [3.8, 4) is 0 Å². The van der Waals surface area contributed by atoms with Crippen molar-refractivity contribution >= 4 is 34.7 Å². The molecular formula is C14H12Cl2FN3. The van der Waals surface area contributed by atoms with Crippen LogP contribution in [-0.4, -0.2) is 9.97 Å². The summed E-state index contributed by atoms with van der Waals surface area (Å²) in [5, 5.41) is 3.59. The maximum absolute atomic E-state index is 13.4. The standard InChI is InChI=1S/C14H12Cl2FN3/c1-7-12(16)19-14(8-2-3-8)20-13(7)18-9-4-5-10(15)11(17)6-9/h4-6,8H,2-3H2,1H3,(H,18,19,20). The van der Waals surface area contributed by atoms with Gasteiger partial charge in [0.2, 0.25) is 0 Å². The van der Waals surface area contributed by atoms with Gasteiger partial charge in [0.1, 0.15) is 22.6 Å². The first-order valence-electron chi connectivity index (χ1n) is 6.30. The molecule has 0 aliphatic heterocycles. The van der Waals surface area contributed by atoms with Crippen LogP contribution in [-0.2, 0) is 0 Å². The molecule has 0 saturated heterocycles. The molecule has 0 bridgehead atoms. The van der Waals surface area contributed by atoms with E-state index in [1.54, 1.807) is 6.07 Å². The van der Waals surface area contributed by atoms with Gasteiger partial charge in [-0.15, -0.1) is 0 Å². The Morgan fingerprint density at radius 3 is 2.65 bits per heavy atom. The molecule has 3 rings (SSSR count). The number of benzene rings is 1. The number of nitrogens with zero attached hydrogens (tertiary/aromatic N) is 2. The van der Waals surface area contributed by atoms with Crippen LogP contribution in [0.4, 0.5) is 15.9 Å². The fourth-order valence-electron chi connectivity index (χ4n) is 1.86. The normalized spacial score (nSPS) is 14.4. The third-order valence-electron chi connectivity index (χ3n) is 3.23. The molecule has 2 aromatic rings. The van der Waals surface area contributed by atoms with Gasteiger partial charge in [0.05, 0.1) is 5.02 Å². The second-order valence-corrected chi connectivity index (χ2v) is 5.64. The van der Waals surface area contributed by atoms with Crippen molar-refractivity contribution in [3.63, 3.8) is 0 Å². The van der Waals surface area contributed by atoms with Crippen LogP contribution in [0.25, 0.3) is 0 Å². The molecule has 1 aromatic heterocycles. The van der Waals surface area contributed by atoms with Gasteiger partial charge in [-0.3, -0.25) is 0 Å². The third-order valence-corrected chi connectivity index (χ3v) is 3.90. The fraction of sp³-hybridized carbons (Fsp3) is 0.286. The summed E-state index contributed by atoms with van der Waals surface area (Å²) in [6.07, 6.45) is 2.18. The van der Waals surface area contributed by atoms with E-state index >= 15 is 0 Å². The van der Waals surface area contributed by atoms with Gasteiger partial charge in [-0.2, -0.15) is 0 Å². The van der Waals surface area contributed by atoms with Crippen LogP contribution < -0.4 is 5.32 Å². The lowest BCUT2D eigenvalue weighted by molar-refractivity contribution is 0.629. The SMILES string of the molecule is Cc1c(Cl)nc(C2CC2)nc1Nc1ccc(Cl)c(F)c1. The molecule has 0 unspecified atom stereocenters. The molecule has 6 heteroatoms. The number of hydrogen-bond donors (Lipinski definition) is 1. The predicted molar refractivity (Wildman–Crippen MR) is 78.4 cm³/mol. The topological polar surface area (TPSA) is 37.8 Å². The monoisotopic (exact) mass is 311 g/mol. The molecule has 0 atom stereocenters. The highest BCUT2D eigenvalue weighted by molar-refractivity contribution is 6.31. The first-order chi connectivity index (χ1) is 9.54. The summed E-state index contributed by atoms with van der Waals surface area (Å²) in [7, 11) is 0. The summed E-state index contributed by atoms with van der Waals surface area (Å²) in [6, 6.07) is 4.52. The van der Waals surface area contributed by atoms with Crippen molar-refractivity contribution in [2.45, 2.75) is 25.7 Å². The summed E-state index contributed by atoms with van der Waals surface area (Å²) in [5.41, 5.74) is 1.32. The van der Waals surface area contributed by atoms with Crippen LogP contribution in [0.1, 0.15) is 30.1 Å². The highest BCUT2D eigenvalue weighted by Crippen LogP contribution is 2.39. The Hall–Kier alpha value is -1.39. The number of nitrogens with one attached hydrogen (secondary N) is 1. The minimum absolute atomic E-state index is 0.0895. The van der Waals surface area contributed by atoms with E-state index in [1.165, 1.54) is 12.1 Å². The first-order valence-corrected chi connectivity index (χ1v) is 7.06. The smallest absolute Gasteiger partial charge is 0.143 e. The zero-order valence-corrected chi connectivity index (χ0v) is 12.3. The van der Waals surface area contributed by atoms with Gasteiger partial charge in [0.25, 0.3) is 0 Å². The van der Waals surface area contributed by atoms with Crippen LogP contribution in [0.3, 0.4) is 0 Å². The minimum Gasteiger partial charge on any atom is -0.340 e. The number of hydrogen-bond acceptors (Lipinski definition) is 3. The maximum Gasteiger partial charge on any atom is 0.143 e. The van der Waals surface area contributed by atoms with Crippen LogP contribution >= 0.6 is 23.2 Å². The van der Waals surface area contributed by atoms with E-state index in [1.807, 2.05) is 6.92 Å². The van der Waals surface area contributed by atoms with Crippen molar-refractivity contribution in [3.05, 3.63) is 45.6 Å². The van der Waals surface area contributed by atoms with Crippen LogP contribution in [0, 0.1) is 12.7 Å². The lowest BCUT2D eigenvalue weighted by Crippen LogP contribution is -2.03. The van der Waals surface area contributed by atoms with Crippen molar-refractivity contribution < 1.29 is 4.39 Å². The van der Waals surface area contributed by atoms with Gasteiger partial charge in [0, 0.05) is 17.2 Å². The molecule has 1 aromatic carbocycles. The molecule has 1 aliphatic rings. The molecule has 0 radical (unpaired) electrons. The Morgan fingerprint density at radius 2 is 2.00 bits per heavy atom. The number of anilines is 2. The van der Waals surface area contributed by atoms with Crippen LogP contribution in [0.5, 0.6) is 0 Å². The predicted octanol–water partition coefficient (Wildman–Crippen LogP) is 4.85. The second-order valence-electron chi connectivity index (χ2n) is 4.87. The third kappa shape index (κ3) is 2.72. The average Bonchev–Trinajstić information content (AvgIpc) is 3.23. The number of aromatic nitrogens is 2. The minimum atomic E-state index is -0.475. The van der Waals surface area contributed by atoms with E-state index < -0.39 is 5.82 Å². The van der Waals surface area contributed by atoms with Crippen LogP contribution in [0.2, 0.25) is 10.2 Å². The molecule has 1 aliphatic carbocycles. The van der Waals surface area contributed by atoms with Gasteiger partial charge in [-0.05, 0) is 38.0 Å². The maximum atomic E-state index is 13.4.